The van der Waals surface area contributed by atoms with E-state index in [0.29, 0.717) is 25.5 Å². The summed E-state index contributed by atoms with van der Waals surface area (Å²) in [5, 5.41) is 2.88. The van der Waals surface area contributed by atoms with E-state index >= 15 is 0 Å². The molecule has 120 valence electrons. The van der Waals surface area contributed by atoms with Crippen molar-refractivity contribution in [3.8, 4) is 0 Å². The molecule has 1 aromatic rings. The van der Waals surface area contributed by atoms with E-state index in [2.05, 4.69) is 16.2 Å². The number of carbonyl (C=O) groups is 2. The fourth-order valence-corrected chi connectivity index (χ4v) is 2.35. The van der Waals surface area contributed by atoms with E-state index in [-0.39, 0.29) is 17.9 Å². The van der Waals surface area contributed by atoms with Crippen molar-refractivity contribution >= 4 is 17.6 Å². The molecule has 0 aliphatic carbocycles. The molecule has 0 spiro atoms. The third-order valence-electron chi connectivity index (χ3n) is 3.55. The Kier molecular flexibility index (Phi) is 5.91. The predicted octanol–water partition coefficient (Wildman–Crippen LogP) is 1.38. The van der Waals surface area contributed by atoms with Crippen LogP contribution in [-0.4, -0.2) is 30.6 Å². The van der Waals surface area contributed by atoms with Crippen LogP contribution in [0.2, 0.25) is 0 Å². The molecule has 1 saturated heterocycles. The molecule has 1 amide bonds. The molecule has 2 atom stereocenters. The van der Waals surface area contributed by atoms with Gasteiger partial charge in [0.1, 0.15) is 6.04 Å². The first kappa shape index (κ1) is 16.5. The summed E-state index contributed by atoms with van der Waals surface area (Å²) in [6.07, 6.45) is 1.78. The highest BCUT2D eigenvalue weighted by Crippen LogP contribution is 2.13. The Morgan fingerprint density at radius 1 is 1.27 bits per heavy atom. The molecule has 6 heteroatoms. The second-order valence-electron chi connectivity index (χ2n) is 5.47. The summed E-state index contributed by atoms with van der Waals surface area (Å²) in [6.45, 7) is 4.23. The largest absolute Gasteiger partial charge is 0.466 e. The molecule has 1 fully saturated rings. The van der Waals surface area contributed by atoms with Crippen LogP contribution < -0.4 is 16.2 Å². The van der Waals surface area contributed by atoms with Gasteiger partial charge in [0, 0.05) is 18.2 Å². The highest BCUT2D eigenvalue weighted by atomic mass is 16.5. The van der Waals surface area contributed by atoms with Gasteiger partial charge in [-0.15, -0.1) is 0 Å². The topological polar surface area (TPSA) is 79.5 Å². The SMILES string of the molecule is CCOC(=O)CCc1ccc(NC(=O)C2CC(C)NN2)cc1. The smallest absolute Gasteiger partial charge is 0.306 e. The van der Waals surface area contributed by atoms with Gasteiger partial charge in [0.2, 0.25) is 5.91 Å². The van der Waals surface area contributed by atoms with Gasteiger partial charge in [-0.2, -0.15) is 0 Å². The van der Waals surface area contributed by atoms with Crippen LogP contribution in [0.15, 0.2) is 24.3 Å². The molecule has 0 saturated carbocycles. The van der Waals surface area contributed by atoms with Crippen LogP contribution >= 0.6 is 0 Å². The summed E-state index contributed by atoms with van der Waals surface area (Å²) in [5.74, 6) is -0.232. The molecule has 2 unspecified atom stereocenters. The van der Waals surface area contributed by atoms with Crippen LogP contribution in [0.3, 0.4) is 0 Å². The van der Waals surface area contributed by atoms with Gasteiger partial charge in [-0.1, -0.05) is 12.1 Å². The molecule has 3 N–H and O–H groups in total. The molecule has 1 aromatic carbocycles. The minimum absolute atomic E-state index is 0.0453. The summed E-state index contributed by atoms with van der Waals surface area (Å²) >= 11 is 0. The van der Waals surface area contributed by atoms with E-state index in [1.165, 1.54) is 0 Å². The number of anilines is 1. The zero-order chi connectivity index (χ0) is 15.9. The fraction of sp³-hybridized carbons (Fsp3) is 0.500. The average molecular weight is 305 g/mol. The van der Waals surface area contributed by atoms with Crippen LogP contribution in [0.5, 0.6) is 0 Å². The van der Waals surface area contributed by atoms with Crippen molar-refractivity contribution in [1.29, 1.82) is 0 Å². The Hall–Kier alpha value is -1.92. The maximum Gasteiger partial charge on any atom is 0.306 e. The standard InChI is InChI=1S/C16H23N3O3/c1-3-22-15(20)9-6-12-4-7-13(8-5-12)17-16(21)14-10-11(2)18-19-14/h4-5,7-8,11,14,18-19H,3,6,9-10H2,1-2H3,(H,17,21). The second-order valence-corrected chi connectivity index (χ2v) is 5.47. The third-order valence-corrected chi connectivity index (χ3v) is 3.55. The number of aryl methyl sites for hydroxylation is 1. The Labute approximate surface area is 130 Å². The van der Waals surface area contributed by atoms with Gasteiger partial charge in [0.25, 0.3) is 0 Å². The number of amides is 1. The first-order valence-corrected chi connectivity index (χ1v) is 7.65. The van der Waals surface area contributed by atoms with E-state index in [1.807, 2.05) is 31.2 Å². The van der Waals surface area contributed by atoms with Crippen molar-refractivity contribution in [3.63, 3.8) is 0 Å². The van der Waals surface area contributed by atoms with Gasteiger partial charge in [-0.05, 0) is 44.4 Å². The lowest BCUT2D eigenvalue weighted by Crippen LogP contribution is -2.39. The monoisotopic (exact) mass is 305 g/mol. The maximum absolute atomic E-state index is 12.1. The molecule has 0 aromatic heterocycles. The lowest BCUT2D eigenvalue weighted by atomic mass is 10.1. The number of hydrazine groups is 1. The van der Waals surface area contributed by atoms with Gasteiger partial charge in [0.15, 0.2) is 0 Å². The van der Waals surface area contributed by atoms with Crippen LogP contribution in [-0.2, 0) is 20.7 Å². The van der Waals surface area contributed by atoms with Gasteiger partial charge < -0.3 is 10.1 Å². The Morgan fingerprint density at radius 3 is 2.59 bits per heavy atom. The molecular weight excluding hydrogens is 282 g/mol. The molecule has 1 aliphatic heterocycles. The van der Waals surface area contributed by atoms with E-state index in [1.54, 1.807) is 6.92 Å². The molecule has 6 nitrogen and oxygen atoms in total. The van der Waals surface area contributed by atoms with Gasteiger partial charge in [-0.25, -0.2) is 5.43 Å². The highest BCUT2D eigenvalue weighted by Gasteiger charge is 2.26. The highest BCUT2D eigenvalue weighted by molar-refractivity contribution is 5.95. The van der Waals surface area contributed by atoms with Crippen molar-refractivity contribution in [2.24, 2.45) is 0 Å². The second kappa shape index (κ2) is 7.91. The van der Waals surface area contributed by atoms with Crippen molar-refractivity contribution in [3.05, 3.63) is 29.8 Å². The average Bonchev–Trinajstić information content (AvgIpc) is 2.93. The Bertz CT molecular complexity index is 516. The summed E-state index contributed by atoms with van der Waals surface area (Å²) in [6, 6.07) is 7.61. The number of hydrogen-bond donors (Lipinski definition) is 3. The molecule has 1 heterocycles. The molecule has 0 bridgehead atoms. The molecule has 22 heavy (non-hydrogen) atoms. The van der Waals surface area contributed by atoms with Gasteiger partial charge in [-0.3, -0.25) is 15.0 Å². The zero-order valence-corrected chi connectivity index (χ0v) is 13.0. The summed E-state index contributed by atoms with van der Waals surface area (Å²) in [5.41, 5.74) is 7.80. The third kappa shape index (κ3) is 4.82. The van der Waals surface area contributed by atoms with Crippen molar-refractivity contribution < 1.29 is 14.3 Å². The van der Waals surface area contributed by atoms with Crippen molar-refractivity contribution in [2.75, 3.05) is 11.9 Å². The number of benzene rings is 1. The van der Waals surface area contributed by atoms with Crippen LogP contribution in [0.25, 0.3) is 0 Å². The Morgan fingerprint density at radius 2 is 2.00 bits per heavy atom. The molecule has 1 aliphatic rings. The van der Waals surface area contributed by atoms with Gasteiger partial charge >= 0.3 is 5.97 Å². The number of ether oxygens (including phenoxy) is 1. The van der Waals surface area contributed by atoms with E-state index in [9.17, 15) is 9.59 Å². The van der Waals surface area contributed by atoms with Gasteiger partial charge in [0.05, 0.1) is 6.61 Å². The van der Waals surface area contributed by atoms with Crippen molar-refractivity contribution in [2.45, 2.75) is 45.2 Å². The maximum atomic E-state index is 12.1. The lowest BCUT2D eigenvalue weighted by Gasteiger charge is -2.11. The van der Waals surface area contributed by atoms with Crippen LogP contribution in [0, 0.1) is 0 Å². The number of rotatable bonds is 6. The lowest BCUT2D eigenvalue weighted by molar-refractivity contribution is -0.143. The minimum Gasteiger partial charge on any atom is -0.466 e. The number of carbonyl (C=O) groups excluding carboxylic acids is 2. The van der Waals surface area contributed by atoms with E-state index in [0.717, 1.165) is 17.7 Å². The Balaban J connectivity index is 1.81. The molecular formula is C16H23N3O3. The first-order valence-electron chi connectivity index (χ1n) is 7.65. The molecule has 0 radical (unpaired) electrons. The first-order chi connectivity index (χ1) is 10.6. The summed E-state index contributed by atoms with van der Waals surface area (Å²) < 4.78 is 4.90. The fourth-order valence-electron chi connectivity index (χ4n) is 2.35. The number of nitrogens with one attached hydrogen (secondary N) is 3. The number of esters is 1. The molecule has 2 rings (SSSR count). The summed E-state index contributed by atoms with van der Waals surface area (Å²) in [4.78, 5) is 23.4. The quantitative estimate of drug-likeness (QED) is 0.692. The zero-order valence-electron chi connectivity index (χ0n) is 13.0. The van der Waals surface area contributed by atoms with Crippen LogP contribution in [0.1, 0.15) is 32.3 Å². The van der Waals surface area contributed by atoms with E-state index < -0.39 is 0 Å². The minimum atomic E-state index is -0.210. The normalized spacial score (nSPS) is 20.6. The van der Waals surface area contributed by atoms with E-state index in [4.69, 9.17) is 4.74 Å². The van der Waals surface area contributed by atoms with Crippen molar-refractivity contribution in [1.82, 2.24) is 10.9 Å². The summed E-state index contributed by atoms with van der Waals surface area (Å²) in [7, 11) is 0. The predicted molar refractivity (Wildman–Crippen MR) is 84.2 cm³/mol. The number of hydrogen-bond acceptors (Lipinski definition) is 5. The van der Waals surface area contributed by atoms with Crippen LogP contribution in [0.4, 0.5) is 5.69 Å².